The van der Waals surface area contributed by atoms with Crippen LogP contribution in [0.1, 0.15) is 24.2 Å². The average Bonchev–Trinajstić information content (AvgIpc) is 3.11. The first-order chi connectivity index (χ1) is 12.2. The van der Waals surface area contributed by atoms with Crippen molar-refractivity contribution in [2.75, 3.05) is 39.9 Å². The van der Waals surface area contributed by atoms with E-state index in [4.69, 9.17) is 4.74 Å². The van der Waals surface area contributed by atoms with Crippen LogP contribution in [0.2, 0.25) is 0 Å². The predicted molar refractivity (Wildman–Crippen MR) is 88.4 cm³/mol. The van der Waals surface area contributed by atoms with Crippen molar-refractivity contribution in [3.05, 3.63) is 17.5 Å². The fourth-order valence-electron chi connectivity index (χ4n) is 4.18. The van der Waals surface area contributed by atoms with Gasteiger partial charge >= 0.3 is 6.18 Å². The highest BCUT2D eigenvalue weighted by atomic mass is 19.4. The molecule has 2 fully saturated rings. The molecule has 2 aliphatic rings. The summed E-state index contributed by atoms with van der Waals surface area (Å²) in [6.07, 6.45) is -2.55. The number of aryl methyl sites for hydroxylation is 1. The Kier molecular flexibility index (Phi) is 5.30. The van der Waals surface area contributed by atoms with Gasteiger partial charge in [-0.1, -0.05) is 0 Å². The summed E-state index contributed by atoms with van der Waals surface area (Å²) in [5, 5.41) is 6.90. The molecule has 1 atom stereocenters. The van der Waals surface area contributed by atoms with Crippen LogP contribution in [0.3, 0.4) is 0 Å². The average molecular weight is 374 g/mol. The van der Waals surface area contributed by atoms with E-state index in [2.05, 4.69) is 10.4 Å². The number of carbonyl (C=O) groups is 1. The minimum absolute atomic E-state index is 0.0349. The molecule has 0 saturated carbocycles. The quantitative estimate of drug-likeness (QED) is 0.871. The number of nitrogens with zero attached hydrogens (tertiary/aromatic N) is 3. The monoisotopic (exact) mass is 374 g/mol. The van der Waals surface area contributed by atoms with Gasteiger partial charge in [-0.3, -0.25) is 9.48 Å². The molecule has 0 bridgehead atoms. The van der Waals surface area contributed by atoms with Crippen LogP contribution >= 0.6 is 0 Å². The predicted octanol–water partition coefficient (Wildman–Crippen LogP) is 1.68. The number of ether oxygens (including phenoxy) is 1. The Balaban J connectivity index is 1.71. The highest BCUT2D eigenvalue weighted by Crippen LogP contribution is 2.43. The minimum Gasteiger partial charge on any atom is -0.384 e. The van der Waals surface area contributed by atoms with Crippen LogP contribution in [0, 0.1) is 18.3 Å². The van der Waals surface area contributed by atoms with Gasteiger partial charge in [0.15, 0.2) is 5.69 Å². The molecule has 3 heterocycles. The Hall–Kier alpha value is -1.61. The maximum absolute atomic E-state index is 12.8. The molecule has 1 amide bonds. The highest BCUT2D eigenvalue weighted by Gasteiger charge is 2.48. The summed E-state index contributed by atoms with van der Waals surface area (Å²) >= 11 is 0. The van der Waals surface area contributed by atoms with Crippen molar-refractivity contribution in [3.8, 4) is 0 Å². The number of rotatable bonds is 4. The van der Waals surface area contributed by atoms with Gasteiger partial charge in [-0.15, -0.1) is 0 Å². The molecule has 6 nitrogen and oxygen atoms in total. The van der Waals surface area contributed by atoms with E-state index in [1.807, 2.05) is 0 Å². The summed E-state index contributed by atoms with van der Waals surface area (Å²) in [6, 6.07) is 0.972. The van der Waals surface area contributed by atoms with E-state index < -0.39 is 11.9 Å². The lowest BCUT2D eigenvalue weighted by molar-refractivity contribution is -0.142. The summed E-state index contributed by atoms with van der Waals surface area (Å²) in [5.41, 5.74) is -0.598. The van der Waals surface area contributed by atoms with Crippen LogP contribution in [0.5, 0.6) is 0 Å². The number of hydrogen-bond acceptors (Lipinski definition) is 4. The second kappa shape index (κ2) is 7.19. The first kappa shape index (κ1) is 19.2. The molecule has 3 rings (SSSR count). The van der Waals surface area contributed by atoms with Crippen LogP contribution in [0.15, 0.2) is 6.07 Å². The molecule has 2 aliphatic heterocycles. The smallest absolute Gasteiger partial charge is 0.384 e. The maximum Gasteiger partial charge on any atom is 0.435 e. The normalized spacial score (nSPS) is 23.0. The summed E-state index contributed by atoms with van der Waals surface area (Å²) < 4.78 is 44.9. The molecule has 0 aromatic carbocycles. The highest BCUT2D eigenvalue weighted by molar-refractivity contribution is 5.76. The number of likely N-dealkylation sites (tertiary alicyclic amines) is 1. The molecule has 1 aromatic heterocycles. The van der Waals surface area contributed by atoms with Gasteiger partial charge in [0.05, 0.1) is 6.61 Å². The van der Waals surface area contributed by atoms with E-state index in [1.54, 1.807) is 12.0 Å². The lowest BCUT2D eigenvalue weighted by Crippen LogP contribution is -2.43. The fraction of sp³-hybridized carbons (Fsp3) is 0.765. The molecule has 1 aromatic rings. The number of hydrogen-bond donors (Lipinski definition) is 1. The summed E-state index contributed by atoms with van der Waals surface area (Å²) in [4.78, 5) is 14.5. The van der Waals surface area contributed by atoms with E-state index in [-0.39, 0.29) is 23.8 Å². The molecular formula is C17H25F3N4O2. The molecule has 1 unspecified atom stereocenters. The Morgan fingerprint density at radius 1 is 1.42 bits per heavy atom. The van der Waals surface area contributed by atoms with E-state index in [0.717, 1.165) is 36.7 Å². The third kappa shape index (κ3) is 3.73. The fourth-order valence-corrected chi connectivity index (χ4v) is 4.18. The zero-order valence-corrected chi connectivity index (χ0v) is 15.1. The van der Waals surface area contributed by atoms with Crippen molar-refractivity contribution < 1.29 is 22.7 Å². The molecule has 26 heavy (non-hydrogen) atoms. The molecule has 1 N–H and O–H groups in total. The van der Waals surface area contributed by atoms with Gasteiger partial charge in [0.1, 0.15) is 6.54 Å². The first-order valence-corrected chi connectivity index (χ1v) is 8.84. The molecule has 2 saturated heterocycles. The van der Waals surface area contributed by atoms with Crippen molar-refractivity contribution in [3.63, 3.8) is 0 Å². The number of carbonyl (C=O) groups excluding carboxylic acids is 1. The number of nitrogens with one attached hydrogen (secondary N) is 1. The van der Waals surface area contributed by atoms with Crippen LogP contribution in [-0.2, 0) is 22.3 Å². The van der Waals surface area contributed by atoms with E-state index in [1.165, 1.54) is 6.92 Å². The van der Waals surface area contributed by atoms with E-state index in [9.17, 15) is 18.0 Å². The topological polar surface area (TPSA) is 59.4 Å². The summed E-state index contributed by atoms with van der Waals surface area (Å²) in [5.74, 6) is 0.0597. The second-order valence-electron chi connectivity index (χ2n) is 7.37. The largest absolute Gasteiger partial charge is 0.435 e. The number of alkyl halides is 3. The summed E-state index contributed by atoms with van der Waals surface area (Å²) in [6.45, 7) is 4.98. The van der Waals surface area contributed by atoms with Gasteiger partial charge in [-0.25, -0.2) is 0 Å². The Morgan fingerprint density at radius 3 is 2.69 bits per heavy atom. The third-order valence-corrected chi connectivity index (χ3v) is 5.69. The van der Waals surface area contributed by atoms with Crippen molar-refractivity contribution in [2.45, 2.75) is 32.5 Å². The van der Waals surface area contributed by atoms with Gasteiger partial charge in [0, 0.05) is 31.8 Å². The zero-order chi connectivity index (χ0) is 18.9. The SMILES string of the molecule is COCC1CN(C(=O)Cn2nc(C(F)(F)F)cc2C)CC12CCNCC2. The Bertz CT molecular complexity index is 653. The Labute approximate surface area is 150 Å². The van der Waals surface area contributed by atoms with Gasteiger partial charge in [0.2, 0.25) is 5.91 Å². The van der Waals surface area contributed by atoms with Crippen molar-refractivity contribution >= 4 is 5.91 Å². The number of aromatic nitrogens is 2. The number of halogens is 3. The molecule has 1 spiro atoms. The Morgan fingerprint density at radius 2 is 2.12 bits per heavy atom. The lowest BCUT2D eigenvalue weighted by Gasteiger charge is -2.38. The van der Waals surface area contributed by atoms with Gasteiger partial charge < -0.3 is 15.0 Å². The van der Waals surface area contributed by atoms with Crippen molar-refractivity contribution in [1.82, 2.24) is 20.0 Å². The molecule has 9 heteroatoms. The molecular weight excluding hydrogens is 349 g/mol. The lowest BCUT2D eigenvalue weighted by atomic mass is 9.71. The van der Waals surface area contributed by atoms with Crippen LogP contribution in [-0.4, -0.2) is 60.5 Å². The van der Waals surface area contributed by atoms with Crippen LogP contribution < -0.4 is 5.32 Å². The van der Waals surface area contributed by atoms with Crippen LogP contribution in [0.25, 0.3) is 0 Å². The second-order valence-corrected chi connectivity index (χ2v) is 7.37. The van der Waals surface area contributed by atoms with Crippen LogP contribution in [0.4, 0.5) is 13.2 Å². The maximum atomic E-state index is 12.8. The standard InChI is InChI=1S/C17H25F3N4O2/c1-12-7-14(17(18,19)20)22-24(12)9-15(25)23-8-13(10-26-2)16(11-23)3-5-21-6-4-16/h7,13,21H,3-6,8-11H2,1-2H3. The number of methoxy groups -OCH3 is 1. The van der Waals surface area contributed by atoms with Gasteiger partial charge in [-0.05, 0) is 44.3 Å². The number of amides is 1. The van der Waals surface area contributed by atoms with Crippen molar-refractivity contribution in [2.24, 2.45) is 11.3 Å². The van der Waals surface area contributed by atoms with Crippen molar-refractivity contribution in [1.29, 1.82) is 0 Å². The molecule has 0 aliphatic carbocycles. The van der Waals surface area contributed by atoms with E-state index >= 15 is 0 Å². The van der Waals surface area contributed by atoms with Gasteiger partial charge in [0.25, 0.3) is 0 Å². The van der Waals surface area contributed by atoms with Gasteiger partial charge in [-0.2, -0.15) is 18.3 Å². The zero-order valence-electron chi connectivity index (χ0n) is 15.1. The summed E-state index contributed by atoms with van der Waals surface area (Å²) in [7, 11) is 1.66. The minimum atomic E-state index is -4.50. The molecule has 146 valence electrons. The van der Waals surface area contributed by atoms with E-state index in [0.29, 0.717) is 25.4 Å². The molecule has 0 radical (unpaired) electrons. The first-order valence-electron chi connectivity index (χ1n) is 8.84. The number of piperidine rings is 1. The third-order valence-electron chi connectivity index (χ3n) is 5.69.